The molecule has 4 rings (SSSR count). The SMILES string of the molecule is Oc1[nH]c2ccc(Cl)cc2c1C=Nc1ccc(N2CCCCC2)cc1. The Kier molecular flexibility index (Phi) is 4.36. The van der Waals surface area contributed by atoms with E-state index in [2.05, 4.69) is 27.0 Å². The fourth-order valence-electron chi connectivity index (χ4n) is 3.34. The molecular formula is C20H20ClN3O. The van der Waals surface area contributed by atoms with Crippen molar-refractivity contribution in [2.75, 3.05) is 18.0 Å². The first-order valence-electron chi connectivity index (χ1n) is 8.60. The van der Waals surface area contributed by atoms with Crippen LogP contribution in [0.5, 0.6) is 5.88 Å². The quantitative estimate of drug-likeness (QED) is 0.630. The van der Waals surface area contributed by atoms with E-state index in [1.165, 1.54) is 24.9 Å². The number of piperidine rings is 1. The van der Waals surface area contributed by atoms with Crippen LogP contribution in [0.4, 0.5) is 11.4 Å². The number of nitrogens with one attached hydrogen (secondary N) is 1. The Morgan fingerprint density at radius 2 is 1.80 bits per heavy atom. The topological polar surface area (TPSA) is 51.6 Å². The first-order chi connectivity index (χ1) is 12.2. The molecule has 128 valence electrons. The zero-order chi connectivity index (χ0) is 17.2. The highest BCUT2D eigenvalue weighted by molar-refractivity contribution is 6.31. The van der Waals surface area contributed by atoms with Gasteiger partial charge >= 0.3 is 0 Å². The molecule has 1 aliphatic heterocycles. The summed E-state index contributed by atoms with van der Waals surface area (Å²) in [5.74, 6) is 0.103. The van der Waals surface area contributed by atoms with E-state index in [9.17, 15) is 5.11 Å². The van der Waals surface area contributed by atoms with E-state index >= 15 is 0 Å². The Labute approximate surface area is 151 Å². The lowest BCUT2D eigenvalue weighted by atomic mass is 10.1. The molecule has 0 amide bonds. The van der Waals surface area contributed by atoms with Gasteiger partial charge in [0, 0.05) is 40.9 Å². The number of nitrogens with zero attached hydrogens (tertiary/aromatic N) is 2. The van der Waals surface area contributed by atoms with Gasteiger partial charge in [0.15, 0.2) is 5.88 Å². The summed E-state index contributed by atoms with van der Waals surface area (Å²) in [4.78, 5) is 9.87. The van der Waals surface area contributed by atoms with E-state index in [-0.39, 0.29) is 5.88 Å². The number of aromatic amines is 1. The lowest BCUT2D eigenvalue weighted by molar-refractivity contribution is 0.457. The van der Waals surface area contributed by atoms with Gasteiger partial charge in [0.05, 0.1) is 11.3 Å². The molecule has 5 heteroatoms. The van der Waals surface area contributed by atoms with E-state index in [1.54, 1.807) is 12.3 Å². The molecule has 0 radical (unpaired) electrons. The number of halogens is 1. The number of hydrogen-bond donors (Lipinski definition) is 2. The molecule has 4 nitrogen and oxygen atoms in total. The van der Waals surface area contributed by atoms with Crippen LogP contribution in [-0.2, 0) is 0 Å². The minimum Gasteiger partial charge on any atom is -0.494 e. The highest BCUT2D eigenvalue weighted by atomic mass is 35.5. The van der Waals surface area contributed by atoms with Crippen LogP contribution in [0.25, 0.3) is 10.9 Å². The van der Waals surface area contributed by atoms with Crippen molar-refractivity contribution in [2.45, 2.75) is 19.3 Å². The first kappa shape index (κ1) is 16.0. The number of anilines is 1. The standard InChI is InChI=1S/C20H20ClN3O/c21-14-4-9-19-17(12-14)18(20(25)23-19)13-22-15-5-7-16(8-6-15)24-10-2-1-3-11-24/h4-9,12-13,23,25H,1-3,10-11H2. The van der Waals surface area contributed by atoms with Crippen molar-refractivity contribution >= 4 is 40.1 Å². The normalized spacial score (nSPS) is 15.3. The summed E-state index contributed by atoms with van der Waals surface area (Å²) in [7, 11) is 0. The molecule has 1 aliphatic rings. The van der Waals surface area contributed by atoms with Gasteiger partial charge in [-0.15, -0.1) is 0 Å². The molecule has 1 saturated heterocycles. The van der Waals surface area contributed by atoms with Crippen molar-refractivity contribution in [3.8, 4) is 5.88 Å². The van der Waals surface area contributed by atoms with Gasteiger partial charge in [0.1, 0.15) is 0 Å². The van der Waals surface area contributed by atoms with E-state index in [1.807, 2.05) is 24.3 Å². The molecule has 0 unspecified atom stereocenters. The summed E-state index contributed by atoms with van der Waals surface area (Å²) in [5, 5.41) is 11.6. The predicted molar refractivity (Wildman–Crippen MR) is 105 cm³/mol. The van der Waals surface area contributed by atoms with Gasteiger partial charge in [-0.25, -0.2) is 0 Å². The maximum atomic E-state index is 10.1. The molecule has 25 heavy (non-hydrogen) atoms. The van der Waals surface area contributed by atoms with Gasteiger partial charge in [-0.3, -0.25) is 4.99 Å². The summed E-state index contributed by atoms with van der Waals surface area (Å²) in [6, 6.07) is 13.7. The van der Waals surface area contributed by atoms with Crippen LogP contribution in [0.2, 0.25) is 5.02 Å². The average Bonchev–Trinajstić information content (AvgIpc) is 2.96. The minimum atomic E-state index is 0.103. The molecule has 2 heterocycles. The molecular weight excluding hydrogens is 334 g/mol. The Bertz CT molecular complexity index is 909. The highest BCUT2D eigenvalue weighted by Gasteiger charge is 2.11. The molecule has 0 saturated carbocycles. The number of hydrogen-bond acceptors (Lipinski definition) is 3. The van der Waals surface area contributed by atoms with E-state index < -0.39 is 0 Å². The number of aromatic nitrogens is 1. The van der Waals surface area contributed by atoms with Gasteiger partial charge in [0.2, 0.25) is 0 Å². The predicted octanol–water partition coefficient (Wildman–Crippen LogP) is 5.27. The van der Waals surface area contributed by atoms with Crippen LogP contribution in [0.1, 0.15) is 24.8 Å². The fraction of sp³-hybridized carbons (Fsp3) is 0.250. The Morgan fingerprint density at radius 3 is 2.56 bits per heavy atom. The average molecular weight is 354 g/mol. The Balaban J connectivity index is 1.57. The summed E-state index contributed by atoms with van der Waals surface area (Å²) in [5.41, 5.74) is 3.60. The van der Waals surface area contributed by atoms with Crippen LogP contribution in [-0.4, -0.2) is 29.4 Å². The van der Waals surface area contributed by atoms with Crippen molar-refractivity contribution < 1.29 is 5.11 Å². The molecule has 0 atom stereocenters. The number of benzene rings is 2. The maximum Gasteiger partial charge on any atom is 0.198 e. The zero-order valence-electron chi connectivity index (χ0n) is 13.9. The van der Waals surface area contributed by atoms with Gasteiger partial charge in [-0.05, 0) is 61.7 Å². The molecule has 0 bridgehead atoms. The van der Waals surface area contributed by atoms with Gasteiger partial charge in [-0.2, -0.15) is 0 Å². The smallest absolute Gasteiger partial charge is 0.198 e. The lowest BCUT2D eigenvalue weighted by Crippen LogP contribution is -2.29. The second kappa shape index (κ2) is 6.81. The maximum absolute atomic E-state index is 10.1. The highest BCUT2D eigenvalue weighted by Crippen LogP contribution is 2.29. The number of aliphatic imine (C=N–C) groups is 1. The number of H-pyrrole nitrogens is 1. The minimum absolute atomic E-state index is 0.103. The van der Waals surface area contributed by atoms with Crippen LogP contribution >= 0.6 is 11.6 Å². The summed E-state index contributed by atoms with van der Waals surface area (Å²) >= 11 is 6.06. The van der Waals surface area contributed by atoms with Crippen molar-refractivity contribution in [3.63, 3.8) is 0 Å². The summed E-state index contributed by atoms with van der Waals surface area (Å²) in [6.07, 6.45) is 5.54. The van der Waals surface area contributed by atoms with Crippen LogP contribution < -0.4 is 4.90 Å². The molecule has 2 N–H and O–H groups in total. The van der Waals surface area contributed by atoms with Gasteiger partial charge in [0.25, 0.3) is 0 Å². The molecule has 1 fully saturated rings. The number of rotatable bonds is 3. The van der Waals surface area contributed by atoms with E-state index in [4.69, 9.17) is 11.6 Å². The third kappa shape index (κ3) is 3.35. The summed E-state index contributed by atoms with van der Waals surface area (Å²) < 4.78 is 0. The molecule has 2 aromatic carbocycles. The van der Waals surface area contributed by atoms with E-state index in [0.717, 1.165) is 29.7 Å². The Morgan fingerprint density at radius 1 is 1.04 bits per heavy atom. The van der Waals surface area contributed by atoms with Crippen LogP contribution in [0.3, 0.4) is 0 Å². The first-order valence-corrected chi connectivity index (χ1v) is 8.98. The molecule has 0 spiro atoms. The van der Waals surface area contributed by atoms with Gasteiger partial charge < -0.3 is 15.0 Å². The lowest BCUT2D eigenvalue weighted by Gasteiger charge is -2.28. The third-order valence-electron chi connectivity index (χ3n) is 4.69. The van der Waals surface area contributed by atoms with Crippen molar-refractivity contribution in [1.29, 1.82) is 0 Å². The van der Waals surface area contributed by atoms with E-state index in [0.29, 0.717) is 10.6 Å². The third-order valence-corrected chi connectivity index (χ3v) is 4.93. The largest absolute Gasteiger partial charge is 0.494 e. The van der Waals surface area contributed by atoms with Gasteiger partial charge in [-0.1, -0.05) is 11.6 Å². The molecule has 3 aromatic rings. The second-order valence-electron chi connectivity index (χ2n) is 6.40. The zero-order valence-corrected chi connectivity index (χ0v) is 14.6. The second-order valence-corrected chi connectivity index (χ2v) is 6.84. The van der Waals surface area contributed by atoms with Crippen molar-refractivity contribution in [3.05, 3.63) is 53.1 Å². The van der Waals surface area contributed by atoms with Crippen LogP contribution in [0, 0.1) is 0 Å². The number of aromatic hydroxyl groups is 1. The molecule has 0 aliphatic carbocycles. The Hall–Kier alpha value is -2.46. The fourth-order valence-corrected chi connectivity index (χ4v) is 3.51. The van der Waals surface area contributed by atoms with Crippen molar-refractivity contribution in [1.82, 2.24) is 4.98 Å². The van der Waals surface area contributed by atoms with Crippen molar-refractivity contribution in [2.24, 2.45) is 4.99 Å². The monoisotopic (exact) mass is 353 g/mol. The molecule has 1 aromatic heterocycles. The van der Waals surface area contributed by atoms with Crippen LogP contribution in [0.15, 0.2) is 47.5 Å². The summed E-state index contributed by atoms with van der Waals surface area (Å²) in [6.45, 7) is 2.26. The number of fused-ring (bicyclic) bond motifs is 1.